The van der Waals surface area contributed by atoms with Crippen LogP contribution in [-0.2, 0) is 10.0 Å². The molecule has 1 aromatic carbocycles. The summed E-state index contributed by atoms with van der Waals surface area (Å²) in [4.78, 5) is 2.32. The van der Waals surface area contributed by atoms with E-state index in [1.165, 1.54) is 38.5 Å². The number of aliphatic hydroxyl groups excluding tert-OH is 1. The molecular weight excluding hydrogens is 478 g/mol. The highest BCUT2D eigenvalue weighted by molar-refractivity contribution is 7.92. The quantitative estimate of drug-likeness (QED) is 0.476. The molecule has 192 valence electrons. The Morgan fingerprint density at radius 2 is 1.81 bits per heavy atom. The maximum atomic E-state index is 12.3. The lowest BCUT2D eigenvalue weighted by molar-refractivity contribution is 0.320. The first kappa shape index (κ1) is 23.5. The van der Waals surface area contributed by atoms with Gasteiger partial charge in [0.25, 0.3) is 0 Å². The number of nitrogens with zero attached hydrogens (tertiary/aromatic N) is 6. The molecule has 2 N–H and O–H groups in total. The van der Waals surface area contributed by atoms with E-state index in [4.69, 9.17) is 10.2 Å². The van der Waals surface area contributed by atoms with E-state index in [0.717, 1.165) is 43.0 Å². The van der Waals surface area contributed by atoms with Gasteiger partial charge in [0.1, 0.15) is 11.4 Å². The fourth-order valence-electron chi connectivity index (χ4n) is 5.63. The van der Waals surface area contributed by atoms with Crippen molar-refractivity contribution in [3.63, 3.8) is 0 Å². The van der Waals surface area contributed by atoms with Crippen molar-refractivity contribution < 1.29 is 13.5 Å². The molecule has 3 heterocycles. The van der Waals surface area contributed by atoms with Crippen molar-refractivity contribution in [2.75, 3.05) is 35.1 Å². The Morgan fingerprint density at radius 1 is 1.03 bits per heavy atom. The Balaban J connectivity index is 1.30. The summed E-state index contributed by atoms with van der Waals surface area (Å²) >= 11 is 0. The first-order chi connectivity index (χ1) is 17.4. The lowest BCUT2D eigenvalue weighted by atomic mass is 9.93. The average molecular weight is 512 g/mol. The van der Waals surface area contributed by atoms with Crippen molar-refractivity contribution in [1.29, 1.82) is 0 Å². The highest BCUT2D eigenvalue weighted by atomic mass is 32.2. The normalized spacial score (nSPS) is 19.8. The van der Waals surface area contributed by atoms with Crippen molar-refractivity contribution in [2.24, 2.45) is 5.41 Å². The van der Waals surface area contributed by atoms with Crippen LogP contribution in [0.3, 0.4) is 0 Å². The van der Waals surface area contributed by atoms with Crippen molar-refractivity contribution >= 4 is 21.4 Å². The molecule has 3 fully saturated rings. The Hall–Kier alpha value is -2.92. The lowest BCUT2D eigenvalue weighted by Crippen LogP contribution is -2.35. The van der Waals surface area contributed by atoms with Gasteiger partial charge >= 0.3 is 0 Å². The van der Waals surface area contributed by atoms with E-state index in [2.05, 4.69) is 24.6 Å². The minimum atomic E-state index is -3.62. The number of rotatable bonds is 8. The van der Waals surface area contributed by atoms with Gasteiger partial charge in [0, 0.05) is 19.3 Å². The summed E-state index contributed by atoms with van der Waals surface area (Å²) in [5.74, 6) is -0.337. The molecule has 36 heavy (non-hydrogen) atoms. The van der Waals surface area contributed by atoms with Crippen LogP contribution in [0.4, 0.5) is 11.4 Å². The first-order valence-corrected chi connectivity index (χ1v) is 14.6. The highest BCUT2D eigenvalue weighted by Gasteiger charge is 2.44. The van der Waals surface area contributed by atoms with Crippen LogP contribution in [0.2, 0.25) is 0 Å². The number of hydrogen-bond donors (Lipinski definition) is 2. The second-order valence-corrected chi connectivity index (χ2v) is 12.3. The van der Waals surface area contributed by atoms with Gasteiger partial charge < -0.3 is 10.0 Å². The van der Waals surface area contributed by atoms with Crippen LogP contribution in [0.15, 0.2) is 36.7 Å². The largest absolute Gasteiger partial charge is 0.395 e. The van der Waals surface area contributed by atoms with Crippen LogP contribution in [0, 0.1) is 5.41 Å². The highest BCUT2D eigenvalue weighted by Crippen LogP contribution is 2.54. The maximum Gasteiger partial charge on any atom is 0.234 e. The van der Waals surface area contributed by atoms with Crippen molar-refractivity contribution in [3.8, 4) is 17.1 Å². The molecule has 0 radical (unpaired) electrons. The van der Waals surface area contributed by atoms with Gasteiger partial charge in [-0.25, -0.2) is 13.1 Å². The van der Waals surface area contributed by atoms with Crippen LogP contribution in [0.1, 0.15) is 57.4 Å². The molecule has 0 atom stereocenters. The molecule has 11 heteroatoms. The molecule has 0 unspecified atom stereocenters. The smallest absolute Gasteiger partial charge is 0.234 e. The predicted molar refractivity (Wildman–Crippen MR) is 138 cm³/mol. The number of anilines is 2. The van der Waals surface area contributed by atoms with Gasteiger partial charge in [0.15, 0.2) is 0 Å². The summed E-state index contributed by atoms with van der Waals surface area (Å²) < 4.78 is 31.0. The maximum absolute atomic E-state index is 12.3. The molecule has 3 aromatic rings. The summed E-state index contributed by atoms with van der Waals surface area (Å²) in [6.45, 7) is 1.42. The van der Waals surface area contributed by atoms with E-state index < -0.39 is 16.6 Å². The first-order valence-electron chi connectivity index (χ1n) is 12.9. The molecule has 6 rings (SSSR count). The number of aromatic nitrogens is 5. The summed E-state index contributed by atoms with van der Waals surface area (Å²) in [5.41, 5.74) is 4.28. The number of piperidine rings is 1. The zero-order chi connectivity index (χ0) is 24.8. The molecule has 1 aliphatic heterocycles. The Kier molecular flexibility index (Phi) is 5.99. The van der Waals surface area contributed by atoms with Gasteiger partial charge in [-0.1, -0.05) is 18.1 Å². The lowest BCUT2D eigenvalue weighted by Gasteiger charge is -2.35. The van der Waals surface area contributed by atoms with E-state index >= 15 is 0 Å². The fraction of sp³-hybridized carbons (Fsp3) is 0.560. The minimum Gasteiger partial charge on any atom is -0.395 e. The van der Waals surface area contributed by atoms with E-state index in [1.807, 2.05) is 30.6 Å². The summed E-state index contributed by atoms with van der Waals surface area (Å²) in [6.07, 6.45) is 13.7. The molecule has 0 amide bonds. The second kappa shape index (κ2) is 9.19. The number of benzene rings is 1. The molecule has 3 aliphatic rings. The molecule has 1 saturated heterocycles. The van der Waals surface area contributed by atoms with Gasteiger partial charge in [0.05, 0.1) is 41.7 Å². The van der Waals surface area contributed by atoms with Gasteiger partial charge in [0.2, 0.25) is 10.0 Å². The number of aliphatic hydroxyl groups is 1. The number of nitrogens with one attached hydrogen (secondary N) is 1. The van der Waals surface area contributed by atoms with Crippen molar-refractivity contribution in [1.82, 2.24) is 24.8 Å². The third kappa shape index (κ3) is 4.73. The molecule has 10 nitrogen and oxygen atoms in total. The van der Waals surface area contributed by atoms with Gasteiger partial charge in [-0.05, 0) is 68.2 Å². The van der Waals surface area contributed by atoms with Gasteiger partial charge in [-0.15, -0.1) is 5.10 Å². The number of sulfonamides is 1. The number of hydrogen-bond acceptors (Lipinski definition) is 7. The average Bonchev–Trinajstić information content (AvgIpc) is 3.35. The van der Waals surface area contributed by atoms with Crippen LogP contribution in [0.5, 0.6) is 0 Å². The molecule has 1 spiro atoms. The summed E-state index contributed by atoms with van der Waals surface area (Å²) in [6, 6.07) is 7.94. The Morgan fingerprint density at radius 3 is 2.53 bits per heavy atom. The van der Waals surface area contributed by atoms with E-state index in [9.17, 15) is 8.42 Å². The predicted octanol–water partition coefficient (Wildman–Crippen LogP) is 3.36. The summed E-state index contributed by atoms with van der Waals surface area (Å²) in [7, 11) is -3.62. The van der Waals surface area contributed by atoms with E-state index in [1.54, 1.807) is 10.7 Å². The monoisotopic (exact) mass is 511 g/mol. The molecule has 2 aliphatic carbocycles. The second-order valence-electron chi connectivity index (χ2n) is 10.5. The Bertz CT molecular complexity index is 1330. The SMILES string of the molecule is O=S(=O)(CCO)Nc1ccc(-n2cc(-c3ccn(C4CCCC4)n3)nn2)c(N2CCC3(CC2)CC3)c1. The van der Waals surface area contributed by atoms with Crippen LogP contribution >= 0.6 is 0 Å². The third-order valence-electron chi connectivity index (χ3n) is 8.04. The van der Waals surface area contributed by atoms with Crippen molar-refractivity contribution in [3.05, 3.63) is 36.7 Å². The topological polar surface area (TPSA) is 118 Å². The van der Waals surface area contributed by atoms with Crippen LogP contribution in [-0.4, -0.2) is 63.7 Å². The van der Waals surface area contributed by atoms with E-state index in [0.29, 0.717) is 22.8 Å². The van der Waals surface area contributed by atoms with Gasteiger partial charge in [-0.3, -0.25) is 9.40 Å². The molecule has 0 bridgehead atoms. The summed E-state index contributed by atoms with van der Waals surface area (Å²) in [5, 5.41) is 22.7. The van der Waals surface area contributed by atoms with E-state index in [-0.39, 0.29) is 5.75 Å². The van der Waals surface area contributed by atoms with Crippen molar-refractivity contribution in [2.45, 2.75) is 57.4 Å². The fourth-order valence-corrected chi connectivity index (χ4v) is 6.46. The minimum absolute atomic E-state index is 0.337. The Labute approximate surface area is 211 Å². The standard InChI is InChI=1S/C25H33N7O3S/c33-15-16-36(34,35)28-19-5-6-23(24(17-19)30-13-10-25(8-9-25)11-14-30)32-18-22(26-29-32)21-7-12-31(27-21)20-3-1-2-4-20/h5-7,12,17-18,20,28,33H,1-4,8-11,13-16H2. The zero-order valence-corrected chi connectivity index (χ0v) is 21.2. The van der Waals surface area contributed by atoms with Gasteiger partial charge in [-0.2, -0.15) is 5.10 Å². The van der Waals surface area contributed by atoms with Crippen LogP contribution < -0.4 is 9.62 Å². The van der Waals surface area contributed by atoms with Crippen LogP contribution in [0.25, 0.3) is 17.1 Å². The zero-order valence-electron chi connectivity index (χ0n) is 20.4. The molecule has 2 aromatic heterocycles. The molecular formula is C25H33N7O3S. The third-order valence-corrected chi connectivity index (χ3v) is 9.31. The molecule has 2 saturated carbocycles.